The van der Waals surface area contributed by atoms with E-state index < -0.39 is 0 Å². The molecule has 0 aliphatic heterocycles. The molecule has 0 amide bonds. The molecule has 78 valence electrons. The summed E-state index contributed by atoms with van der Waals surface area (Å²) in [4.78, 5) is 8.36. The van der Waals surface area contributed by atoms with Gasteiger partial charge in [0.2, 0.25) is 0 Å². The molecular formula is C11H14N4. The molecule has 0 saturated heterocycles. The topological polar surface area (TPSA) is 43.6 Å². The molecule has 4 heteroatoms. The van der Waals surface area contributed by atoms with Crippen molar-refractivity contribution in [2.75, 3.05) is 0 Å². The molecule has 2 rings (SSSR count). The molecule has 2 heterocycles. The number of pyridine rings is 1. The lowest BCUT2D eigenvalue weighted by molar-refractivity contribution is 0.561. The Morgan fingerprint density at radius 2 is 2.07 bits per heavy atom. The summed E-state index contributed by atoms with van der Waals surface area (Å²) in [6, 6.07) is 3.91. The van der Waals surface area contributed by atoms with Crippen LogP contribution in [-0.2, 0) is 5.41 Å². The second kappa shape index (κ2) is 3.46. The maximum Gasteiger partial charge on any atom is 0.138 e. The zero-order chi connectivity index (χ0) is 10.9. The van der Waals surface area contributed by atoms with Gasteiger partial charge in [0.1, 0.15) is 12.7 Å². The molecule has 2 aromatic rings. The van der Waals surface area contributed by atoms with E-state index in [1.165, 1.54) is 6.33 Å². The maximum atomic E-state index is 4.42. The summed E-state index contributed by atoms with van der Waals surface area (Å²) < 4.78 is 1.74. The fourth-order valence-electron chi connectivity index (χ4n) is 1.49. The highest BCUT2D eigenvalue weighted by Gasteiger charge is 2.20. The van der Waals surface area contributed by atoms with Crippen LogP contribution in [-0.4, -0.2) is 19.7 Å². The largest absolute Gasteiger partial charge is 0.258 e. The summed E-state index contributed by atoms with van der Waals surface area (Å²) in [5, 5.41) is 4.13. The molecule has 0 bridgehead atoms. The van der Waals surface area contributed by atoms with E-state index in [9.17, 15) is 0 Å². The second-order valence-corrected chi connectivity index (χ2v) is 4.46. The van der Waals surface area contributed by atoms with Gasteiger partial charge in [-0.15, -0.1) is 0 Å². The van der Waals surface area contributed by atoms with Gasteiger partial charge in [-0.05, 0) is 12.1 Å². The van der Waals surface area contributed by atoms with Crippen LogP contribution in [0.2, 0.25) is 0 Å². The second-order valence-electron chi connectivity index (χ2n) is 4.46. The Bertz CT molecular complexity index is 440. The number of rotatable bonds is 1. The lowest BCUT2D eigenvalue weighted by Crippen LogP contribution is -2.17. The van der Waals surface area contributed by atoms with Gasteiger partial charge in [0.05, 0.1) is 11.4 Å². The molecule has 0 N–H and O–H groups in total. The normalized spacial score (nSPS) is 11.7. The number of aromatic nitrogens is 4. The van der Waals surface area contributed by atoms with Crippen molar-refractivity contribution >= 4 is 0 Å². The van der Waals surface area contributed by atoms with Crippen LogP contribution in [0.5, 0.6) is 0 Å². The lowest BCUT2D eigenvalue weighted by Gasteiger charge is -2.20. The Kier molecular flexibility index (Phi) is 2.26. The molecule has 0 aromatic carbocycles. The van der Waals surface area contributed by atoms with Crippen LogP contribution in [0.25, 0.3) is 5.69 Å². The first-order chi connectivity index (χ1) is 7.09. The highest BCUT2D eigenvalue weighted by molar-refractivity contribution is 5.38. The zero-order valence-electron chi connectivity index (χ0n) is 9.18. The van der Waals surface area contributed by atoms with Crippen molar-refractivity contribution in [1.29, 1.82) is 0 Å². The van der Waals surface area contributed by atoms with E-state index in [1.807, 2.05) is 12.1 Å². The van der Waals surface area contributed by atoms with Crippen molar-refractivity contribution < 1.29 is 0 Å². The molecular weight excluding hydrogens is 188 g/mol. The summed E-state index contributed by atoms with van der Waals surface area (Å²) >= 11 is 0. The molecule has 0 saturated carbocycles. The third-order valence-corrected chi connectivity index (χ3v) is 2.16. The van der Waals surface area contributed by atoms with E-state index in [1.54, 1.807) is 17.2 Å². The molecule has 0 atom stereocenters. The third kappa shape index (κ3) is 1.88. The fourth-order valence-corrected chi connectivity index (χ4v) is 1.49. The highest BCUT2D eigenvalue weighted by atomic mass is 15.3. The summed E-state index contributed by atoms with van der Waals surface area (Å²) in [5.41, 5.74) is 2.01. The van der Waals surface area contributed by atoms with Crippen LogP contribution in [0.1, 0.15) is 26.5 Å². The summed E-state index contributed by atoms with van der Waals surface area (Å²) in [5.74, 6) is 0. The number of nitrogens with zero attached hydrogens (tertiary/aromatic N) is 4. The van der Waals surface area contributed by atoms with Crippen molar-refractivity contribution in [2.45, 2.75) is 26.2 Å². The third-order valence-electron chi connectivity index (χ3n) is 2.16. The average molecular weight is 202 g/mol. The van der Waals surface area contributed by atoms with Gasteiger partial charge in [-0.1, -0.05) is 20.8 Å². The lowest BCUT2D eigenvalue weighted by atomic mass is 9.90. The van der Waals surface area contributed by atoms with Gasteiger partial charge in [-0.25, -0.2) is 9.67 Å². The van der Waals surface area contributed by atoms with Gasteiger partial charge in [0.25, 0.3) is 0 Å². The Balaban J connectivity index is 2.58. The number of hydrogen-bond donors (Lipinski definition) is 0. The van der Waals surface area contributed by atoms with E-state index in [0.29, 0.717) is 0 Å². The molecule has 0 fully saturated rings. The minimum atomic E-state index is 0.00252. The van der Waals surface area contributed by atoms with E-state index in [2.05, 4.69) is 35.8 Å². The van der Waals surface area contributed by atoms with Crippen LogP contribution >= 0.6 is 0 Å². The molecule has 0 radical (unpaired) electrons. The van der Waals surface area contributed by atoms with Gasteiger partial charge < -0.3 is 0 Å². The highest BCUT2D eigenvalue weighted by Crippen LogP contribution is 2.25. The Morgan fingerprint density at radius 3 is 2.67 bits per heavy atom. The van der Waals surface area contributed by atoms with E-state index in [0.717, 1.165) is 11.4 Å². The molecule has 4 nitrogen and oxygen atoms in total. The quantitative estimate of drug-likeness (QED) is 0.710. The molecule has 0 unspecified atom stereocenters. The van der Waals surface area contributed by atoms with Crippen molar-refractivity contribution in [3.63, 3.8) is 0 Å². The van der Waals surface area contributed by atoms with Gasteiger partial charge in [-0.3, -0.25) is 4.98 Å². The van der Waals surface area contributed by atoms with Gasteiger partial charge in [0, 0.05) is 11.6 Å². The summed E-state index contributed by atoms with van der Waals surface area (Å²) in [6.07, 6.45) is 5.02. The van der Waals surface area contributed by atoms with Gasteiger partial charge in [-0.2, -0.15) is 5.10 Å². The average Bonchev–Trinajstić information content (AvgIpc) is 2.69. The van der Waals surface area contributed by atoms with Crippen molar-refractivity contribution in [1.82, 2.24) is 19.7 Å². The summed E-state index contributed by atoms with van der Waals surface area (Å²) in [6.45, 7) is 6.40. The van der Waals surface area contributed by atoms with Crippen LogP contribution in [0.15, 0.2) is 31.0 Å². The van der Waals surface area contributed by atoms with Crippen molar-refractivity contribution in [3.05, 3.63) is 36.7 Å². The van der Waals surface area contributed by atoms with Crippen LogP contribution in [0.3, 0.4) is 0 Å². The maximum absolute atomic E-state index is 4.42. The predicted octanol–water partition coefficient (Wildman–Crippen LogP) is 1.96. The van der Waals surface area contributed by atoms with Gasteiger partial charge >= 0.3 is 0 Å². The van der Waals surface area contributed by atoms with Gasteiger partial charge in [0.15, 0.2) is 0 Å². The first-order valence-electron chi connectivity index (χ1n) is 4.89. The predicted molar refractivity (Wildman–Crippen MR) is 57.9 cm³/mol. The molecule has 15 heavy (non-hydrogen) atoms. The number of hydrogen-bond acceptors (Lipinski definition) is 3. The van der Waals surface area contributed by atoms with Crippen LogP contribution < -0.4 is 0 Å². The van der Waals surface area contributed by atoms with E-state index in [4.69, 9.17) is 0 Å². The SMILES string of the molecule is CC(C)(C)c1ncccc1-n1cncn1. The summed E-state index contributed by atoms with van der Waals surface area (Å²) in [7, 11) is 0. The Hall–Kier alpha value is -1.71. The fraction of sp³-hybridized carbons (Fsp3) is 0.364. The Morgan fingerprint density at radius 1 is 1.27 bits per heavy atom. The van der Waals surface area contributed by atoms with E-state index >= 15 is 0 Å². The zero-order valence-corrected chi connectivity index (χ0v) is 9.18. The monoisotopic (exact) mass is 202 g/mol. The van der Waals surface area contributed by atoms with Crippen molar-refractivity contribution in [2.24, 2.45) is 0 Å². The molecule has 0 aliphatic rings. The van der Waals surface area contributed by atoms with Crippen LogP contribution in [0.4, 0.5) is 0 Å². The molecule has 2 aromatic heterocycles. The minimum absolute atomic E-state index is 0.00252. The smallest absolute Gasteiger partial charge is 0.138 e. The van der Waals surface area contributed by atoms with Crippen LogP contribution in [0, 0.1) is 0 Å². The first kappa shape index (κ1) is 9.83. The molecule has 0 spiro atoms. The Labute approximate surface area is 89.0 Å². The first-order valence-corrected chi connectivity index (χ1v) is 4.89. The van der Waals surface area contributed by atoms with Crippen molar-refractivity contribution in [3.8, 4) is 5.69 Å². The minimum Gasteiger partial charge on any atom is -0.258 e. The standard InChI is InChI=1S/C11H14N4/c1-11(2,3)10-9(5-4-6-13-10)15-8-12-7-14-15/h4-8H,1-3H3. The van der Waals surface area contributed by atoms with E-state index in [-0.39, 0.29) is 5.41 Å². The molecule has 0 aliphatic carbocycles.